The van der Waals surface area contributed by atoms with Crippen molar-refractivity contribution < 1.29 is 19.1 Å². The molecule has 1 fully saturated rings. The van der Waals surface area contributed by atoms with Crippen molar-refractivity contribution in [2.24, 2.45) is 5.73 Å². The van der Waals surface area contributed by atoms with E-state index < -0.39 is 24.1 Å². The van der Waals surface area contributed by atoms with Gasteiger partial charge in [-0.05, 0) is 37.0 Å². The van der Waals surface area contributed by atoms with Crippen LogP contribution in [0.25, 0.3) is 0 Å². The first-order valence-electron chi connectivity index (χ1n) is 7.49. The standard InChI is InChI=1S/C16H19ClN2O4/c17-11-7-5-10(6-8-11)12(19-16(18)22)9-15(21)23-14-4-2-1-3-13(14)20/h5-8,12,14H,1-4,9H2,(H3,18,19,22)/t12-,14-/m1/s1. The van der Waals surface area contributed by atoms with E-state index in [-0.39, 0.29) is 12.2 Å². The Balaban J connectivity index is 2.01. The Labute approximate surface area is 139 Å². The summed E-state index contributed by atoms with van der Waals surface area (Å²) in [5.74, 6) is -0.588. The molecule has 1 aliphatic carbocycles. The fourth-order valence-electron chi connectivity index (χ4n) is 2.57. The minimum atomic E-state index is -0.744. The number of halogens is 1. The smallest absolute Gasteiger partial charge is 0.312 e. The predicted octanol–water partition coefficient (Wildman–Crippen LogP) is 2.49. The topological polar surface area (TPSA) is 98.5 Å². The number of ether oxygens (including phenoxy) is 1. The molecule has 23 heavy (non-hydrogen) atoms. The summed E-state index contributed by atoms with van der Waals surface area (Å²) in [5.41, 5.74) is 5.84. The van der Waals surface area contributed by atoms with Crippen molar-refractivity contribution >= 4 is 29.4 Å². The lowest BCUT2D eigenvalue weighted by molar-refractivity contribution is -0.157. The van der Waals surface area contributed by atoms with Crippen LogP contribution >= 0.6 is 11.6 Å². The van der Waals surface area contributed by atoms with Crippen molar-refractivity contribution in [3.05, 3.63) is 34.9 Å². The number of nitrogens with two attached hydrogens (primary N) is 1. The second kappa shape index (κ2) is 7.97. The van der Waals surface area contributed by atoms with E-state index in [4.69, 9.17) is 22.1 Å². The molecule has 0 bridgehead atoms. The van der Waals surface area contributed by atoms with Crippen LogP contribution in [-0.2, 0) is 14.3 Å². The fourth-order valence-corrected chi connectivity index (χ4v) is 2.69. The van der Waals surface area contributed by atoms with Crippen molar-refractivity contribution in [2.45, 2.75) is 44.2 Å². The molecule has 124 valence electrons. The largest absolute Gasteiger partial charge is 0.454 e. The molecular weight excluding hydrogens is 320 g/mol. The van der Waals surface area contributed by atoms with E-state index in [1.54, 1.807) is 24.3 Å². The molecule has 0 aromatic heterocycles. The van der Waals surface area contributed by atoms with Crippen LogP contribution in [0.2, 0.25) is 5.02 Å². The average Bonchev–Trinajstić information content (AvgIpc) is 2.49. The van der Waals surface area contributed by atoms with Crippen molar-refractivity contribution in [1.82, 2.24) is 5.32 Å². The number of hydrogen-bond acceptors (Lipinski definition) is 4. The van der Waals surface area contributed by atoms with Gasteiger partial charge in [0.05, 0.1) is 12.5 Å². The first-order valence-corrected chi connectivity index (χ1v) is 7.87. The van der Waals surface area contributed by atoms with E-state index in [2.05, 4.69) is 5.32 Å². The number of ketones is 1. The highest BCUT2D eigenvalue weighted by Gasteiger charge is 2.27. The fraction of sp³-hybridized carbons (Fsp3) is 0.438. The molecule has 3 N–H and O–H groups in total. The van der Waals surface area contributed by atoms with Crippen molar-refractivity contribution in [1.29, 1.82) is 0 Å². The Kier molecular flexibility index (Phi) is 5.98. The summed E-state index contributed by atoms with van der Waals surface area (Å²) in [6.07, 6.45) is 1.93. The Hall–Kier alpha value is -2.08. The highest BCUT2D eigenvalue weighted by molar-refractivity contribution is 6.30. The van der Waals surface area contributed by atoms with Gasteiger partial charge in [0.1, 0.15) is 0 Å². The van der Waals surface area contributed by atoms with Crippen LogP contribution in [-0.4, -0.2) is 23.9 Å². The minimum Gasteiger partial charge on any atom is -0.454 e. The molecule has 0 radical (unpaired) electrons. The van der Waals surface area contributed by atoms with Gasteiger partial charge in [-0.1, -0.05) is 23.7 Å². The van der Waals surface area contributed by atoms with Crippen LogP contribution in [0, 0.1) is 0 Å². The predicted molar refractivity (Wildman–Crippen MR) is 84.9 cm³/mol. The summed E-state index contributed by atoms with van der Waals surface area (Å²) >= 11 is 5.83. The van der Waals surface area contributed by atoms with Gasteiger partial charge in [0, 0.05) is 11.4 Å². The monoisotopic (exact) mass is 338 g/mol. The Morgan fingerprint density at radius 2 is 2.00 bits per heavy atom. The number of benzene rings is 1. The number of urea groups is 1. The molecule has 1 aliphatic rings. The second-order valence-corrected chi connectivity index (χ2v) is 5.94. The quantitative estimate of drug-likeness (QED) is 0.806. The summed E-state index contributed by atoms with van der Waals surface area (Å²) < 4.78 is 5.25. The van der Waals surface area contributed by atoms with Gasteiger partial charge in [-0.2, -0.15) is 0 Å². The van der Waals surface area contributed by atoms with Gasteiger partial charge >= 0.3 is 12.0 Å². The van der Waals surface area contributed by atoms with Gasteiger partial charge in [0.25, 0.3) is 0 Å². The third-order valence-corrected chi connectivity index (χ3v) is 3.98. The Bertz CT molecular complexity index is 588. The van der Waals surface area contributed by atoms with Crippen LogP contribution in [0.15, 0.2) is 24.3 Å². The van der Waals surface area contributed by atoms with Gasteiger partial charge < -0.3 is 15.8 Å². The number of carbonyl (C=O) groups is 3. The van der Waals surface area contributed by atoms with Gasteiger partial charge in [0.15, 0.2) is 11.9 Å². The number of Topliss-reactive ketones (excluding diaryl/α,β-unsaturated/α-hetero) is 1. The maximum absolute atomic E-state index is 12.1. The molecule has 0 spiro atoms. The van der Waals surface area contributed by atoms with Crippen LogP contribution in [0.1, 0.15) is 43.7 Å². The highest BCUT2D eigenvalue weighted by atomic mass is 35.5. The number of nitrogens with one attached hydrogen (secondary N) is 1. The van der Waals surface area contributed by atoms with Crippen LogP contribution in [0.5, 0.6) is 0 Å². The molecule has 6 nitrogen and oxygen atoms in total. The third-order valence-electron chi connectivity index (χ3n) is 3.73. The van der Waals surface area contributed by atoms with Crippen molar-refractivity contribution in [2.75, 3.05) is 0 Å². The molecule has 0 aliphatic heterocycles. The molecule has 1 aromatic rings. The van der Waals surface area contributed by atoms with Gasteiger partial charge in [-0.15, -0.1) is 0 Å². The molecule has 2 amide bonds. The van der Waals surface area contributed by atoms with Gasteiger partial charge in [-0.3, -0.25) is 9.59 Å². The zero-order valence-electron chi connectivity index (χ0n) is 12.6. The summed E-state index contributed by atoms with van der Waals surface area (Å²) in [7, 11) is 0. The molecule has 2 rings (SSSR count). The molecule has 1 saturated carbocycles. The summed E-state index contributed by atoms with van der Waals surface area (Å²) in [6, 6.07) is 5.33. The zero-order chi connectivity index (χ0) is 16.8. The molecule has 1 aromatic carbocycles. The first kappa shape index (κ1) is 17.3. The van der Waals surface area contributed by atoms with E-state index >= 15 is 0 Å². The molecule has 7 heteroatoms. The van der Waals surface area contributed by atoms with Crippen molar-refractivity contribution in [3.8, 4) is 0 Å². The second-order valence-electron chi connectivity index (χ2n) is 5.51. The maximum Gasteiger partial charge on any atom is 0.312 e. The number of rotatable bonds is 5. The molecule has 2 atom stereocenters. The van der Waals surface area contributed by atoms with E-state index in [9.17, 15) is 14.4 Å². The molecule has 0 saturated heterocycles. The Morgan fingerprint density at radius 3 is 2.61 bits per heavy atom. The number of amides is 2. The summed E-state index contributed by atoms with van der Waals surface area (Å²) in [4.78, 5) is 35.0. The third kappa shape index (κ3) is 5.25. The van der Waals surface area contributed by atoms with E-state index in [1.165, 1.54) is 0 Å². The maximum atomic E-state index is 12.1. The lowest BCUT2D eigenvalue weighted by atomic mass is 9.96. The summed E-state index contributed by atoms with van der Waals surface area (Å²) in [5, 5.41) is 3.05. The number of hydrogen-bond donors (Lipinski definition) is 2. The molecular formula is C16H19ClN2O4. The normalized spacial score (nSPS) is 19.0. The number of esters is 1. The SMILES string of the molecule is NC(=O)N[C@H](CC(=O)O[C@@H]1CCCCC1=O)c1ccc(Cl)cc1. The van der Waals surface area contributed by atoms with E-state index in [1.807, 2.05) is 0 Å². The van der Waals surface area contributed by atoms with Crippen LogP contribution in [0.4, 0.5) is 4.79 Å². The Morgan fingerprint density at radius 1 is 1.30 bits per heavy atom. The zero-order valence-corrected chi connectivity index (χ0v) is 13.3. The van der Waals surface area contributed by atoms with Crippen LogP contribution in [0.3, 0.4) is 0 Å². The van der Waals surface area contributed by atoms with E-state index in [0.717, 1.165) is 12.8 Å². The minimum absolute atomic E-state index is 0.0458. The average molecular weight is 339 g/mol. The van der Waals surface area contributed by atoms with Gasteiger partial charge in [-0.25, -0.2) is 4.79 Å². The van der Waals surface area contributed by atoms with Gasteiger partial charge in [0.2, 0.25) is 0 Å². The molecule has 0 heterocycles. The lowest BCUT2D eigenvalue weighted by Gasteiger charge is -2.22. The summed E-state index contributed by atoms with van der Waals surface area (Å²) in [6.45, 7) is 0. The van der Waals surface area contributed by atoms with E-state index in [0.29, 0.717) is 23.4 Å². The lowest BCUT2D eigenvalue weighted by Crippen LogP contribution is -2.36. The van der Waals surface area contributed by atoms with Crippen LogP contribution < -0.4 is 11.1 Å². The number of primary amides is 1. The van der Waals surface area contributed by atoms with Crippen molar-refractivity contribution in [3.63, 3.8) is 0 Å². The number of carbonyl (C=O) groups excluding carboxylic acids is 3. The highest BCUT2D eigenvalue weighted by Crippen LogP contribution is 2.22. The molecule has 0 unspecified atom stereocenters. The first-order chi connectivity index (χ1) is 11.0.